The molecule has 0 radical (unpaired) electrons. The Morgan fingerprint density at radius 2 is 0.826 bits per heavy atom. The van der Waals surface area contributed by atoms with Crippen molar-refractivity contribution < 1.29 is 14.2 Å². The monoisotopic (exact) mass is 632 g/mol. The molecule has 7 aromatic rings. The van der Waals surface area contributed by atoms with Gasteiger partial charge in [-0.15, -0.1) is 30.2 Å². The third kappa shape index (κ3) is 6.51. The number of aromatic nitrogens is 12. The van der Waals surface area contributed by atoms with Gasteiger partial charge in [0.05, 0.1) is 18.6 Å². The van der Waals surface area contributed by atoms with Gasteiger partial charge in [0, 0.05) is 37.0 Å². The molecule has 0 atom stereocenters. The van der Waals surface area contributed by atoms with Gasteiger partial charge in [-0.05, 0) is 84.7 Å². The van der Waals surface area contributed by atoms with Crippen molar-refractivity contribution in [2.75, 3.05) is 6.26 Å². The Morgan fingerprint density at radius 1 is 0.478 bits per heavy atom. The third-order valence-electron chi connectivity index (χ3n) is 6.52. The molecule has 0 aliphatic carbocycles. The van der Waals surface area contributed by atoms with Crippen molar-refractivity contribution in [2.45, 2.75) is 0 Å². The smallest absolute Gasteiger partial charge is 0.331 e. The normalized spacial score (nSPS) is 11.0. The molecular weight excluding hydrogens is 608 g/mol. The van der Waals surface area contributed by atoms with Crippen molar-refractivity contribution >= 4 is 11.9 Å². The first kappa shape index (κ1) is 28.6. The summed E-state index contributed by atoms with van der Waals surface area (Å²) < 4.78 is 23.0. The first-order valence-corrected chi connectivity index (χ1v) is 15.0. The van der Waals surface area contributed by atoms with Crippen LogP contribution in [0.25, 0.3) is 33.8 Å². The fourth-order valence-electron chi connectivity index (χ4n) is 4.28. The van der Waals surface area contributed by atoms with E-state index < -0.39 is 0 Å². The van der Waals surface area contributed by atoms with Crippen molar-refractivity contribution in [3.8, 4) is 69.1 Å². The van der Waals surface area contributed by atoms with Crippen LogP contribution >= 0.6 is 11.9 Å². The molecule has 7 rings (SSSR count). The van der Waals surface area contributed by atoms with Gasteiger partial charge in [-0.3, -0.25) is 9.36 Å². The number of rotatable bonds is 10. The Kier molecular flexibility index (Phi) is 7.74. The number of nitrogens with zero attached hydrogens (tertiary/aromatic N) is 12. The van der Waals surface area contributed by atoms with Gasteiger partial charge in [-0.1, -0.05) is 15.6 Å². The van der Waals surface area contributed by atoms with Crippen LogP contribution in [-0.4, -0.2) is 65.6 Å². The van der Waals surface area contributed by atoms with Gasteiger partial charge in [0.15, 0.2) is 0 Å². The topological polar surface area (TPSA) is 158 Å². The average Bonchev–Trinajstić information content (AvgIpc) is 3.84. The summed E-state index contributed by atoms with van der Waals surface area (Å²) in [6.45, 7) is 0. The zero-order valence-corrected chi connectivity index (χ0v) is 25.5. The van der Waals surface area contributed by atoms with Gasteiger partial charge in [0.1, 0.15) is 34.3 Å². The molecule has 0 fully saturated rings. The molecule has 46 heavy (non-hydrogen) atoms. The second-order valence-electron chi connectivity index (χ2n) is 9.81. The van der Waals surface area contributed by atoms with E-state index in [1.54, 1.807) is 49.8 Å². The van der Waals surface area contributed by atoms with Crippen LogP contribution in [0, 0.1) is 0 Å². The zero-order valence-electron chi connectivity index (χ0n) is 24.7. The molecular formula is C30H24N12O3S. The number of benzene rings is 3. The quantitative estimate of drug-likeness (QED) is 0.193. The van der Waals surface area contributed by atoms with E-state index in [9.17, 15) is 0 Å². The molecule has 0 bridgehead atoms. The largest absolute Gasteiger partial charge is 0.424 e. The molecule has 0 spiro atoms. The summed E-state index contributed by atoms with van der Waals surface area (Å²) in [5.74, 6) is 1.48. The Morgan fingerprint density at radius 3 is 1.13 bits per heavy atom. The van der Waals surface area contributed by atoms with Crippen molar-refractivity contribution in [2.24, 2.45) is 14.1 Å². The van der Waals surface area contributed by atoms with Gasteiger partial charge in [0.25, 0.3) is 0 Å². The summed E-state index contributed by atoms with van der Waals surface area (Å²) in [6, 6.07) is 21.9. The first-order valence-electron chi connectivity index (χ1n) is 13.8. The van der Waals surface area contributed by atoms with Gasteiger partial charge in [-0.25, -0.2) is 0 Å². The minimum atomic E-state index is -0.0200. The van der Waals surface area contributed by atoms with Crippen LogP contribution in [0.3, 0.4) is 0 Å². The van der Waals surface area contributed by atoms with Crippen molar-refractivity contribution in [3.05, 3.63) is 91.4 Å². The van der Waals surface area contributed by atoms with Gasteiger partial charge in [-0.2, -0.15) is 4.09 Å². The second kappa shape index (κ2) is 12.4. The molecule has 0 aliphatic rings. The first-order chi connectivity index (χ1) is 22.5. The van der Waals surface area contributed by atoms with Crippen LogP contribution < -0.4 is 14.2 Å². The Hall–Kier alpha value is -6.16. The Labute approximate surface area is 266 Å². The molecule has 15 nitrogen and oxygen atoms in total. The van der Waals surface area contributed by atoms with Crippen LogP contribution in [-0.2, 0) is 14.1 Å². The lowest BCUT2D eigenvalue weighted by molar-refractivity contribution is 0.362. The van der Waals surface area contributed by atoms with E-state index in [2.05, 4.69) is 45.9 Å². The van der Waals surface area contributed by atoms with Gasteiger partial charge in [0.2, 0.25) is 0 Å². The third-order valence-corrected chi connectivity index (χ3v) is 7.07. The predicted octanol–water partition coefficient (Wildman–Crippen LogP) is 5.22. The number of aryl methyl sites for hydroxylation is 2. The van der Waals surface area contributed by atoms with Crippen molar-refractivity contribution in [1.82, 2.24) is 59.3 Å². The van der Waals surface area contributed by atoms with E-state index in [1.165, 1.54) is 11.9 Å². The van der Waals surface area contributed by atoms with Crippen LogP contribution in [0.15, 0.2) is 91.4 Å². The molecule has 0 saturated heterocycles. The zero-order chi connectivity index (χ0) is 31.5. The average molecular weight is 633 g/mol. The number of hydrogen-bond donors (Lipinski definition) is 0. The lowest BCUT2D eigenvalue weighted by Crippen LogP contribution is -2.01. The minimum absolute atomic E-state index is 0.0197. The standard InChI is InChI=1S/C30H24N12O3S/c1-40-16-25(34-37-40)19-4-10-22(11-5-19)43-28-31-29(44-23-12-6-20(7-13-23)26-17-41(2)38-35-26)33-30(32-28)45-24-14-8-21(9-15-24)27-18-42(46-3)39-36-27/h4-18H,1-3H3. The molecule has 0 aliphatic heterocycles. The Bertz CT molecular complexity index is 1990. The van der Waals surface area contributed by atoms with Crippen LogP contribution in [0.4, 0.5) is 0 Å². The summed E-state index contributed by atoms with van der Waals surface area (Å²) in [5.41, 5.74) is 4.87. The summed E-state index contributed by atoms with van der Waals surface area (Å²) in [4.78, 5) is 13.1. The van der Waals surface area contributed by atoms with Crippen LogP contribution in [0.2, 0.25) is 0 Å². The van der Waals surface area contributed by atoms with Gasteiger partial charge < -0.3 is 14.2 Å². The van der Waals surface area contributed by atoms with E-state index in [-0.39, 0.29) is 18.0 Å². The predicted molar refractivity (Wildman–Crippen MR) is 167 cm³/mol. The molecule has 0 saturated carbocycles. The Balaban J connectivity index is 1.14. The molecule has 3 aromatic carbocycles. The maximum atomic E-state index is 6.01. The molecule has 16 heteroatoms. The second-order valence-corrected chi connectivity index (χ2v) is 10.5. The molecule has 0 N–H and O–H groups in total. The van der Waals surface area contributed by atoms with Crippen LogP contribution in [0.1, 0.15) is 0 Å². The highest BCUT2D eigenvalue weighted by atomic mass is 32.2. The van der Waals surface area contributed by atoms with Gasteiger partial charge >= 0.3 is 18.0 Å². The van der Waals surface area contributed by atoms with Crippen molar-refractivity contribution in [3.63, 3.8) is 0 Å². The number of hydrogen-bond acceptors (Lipinski definition) is 13. The summed E-state index contributed by atoms with van der Waals surface area (Å²) in [5, 5.41) is 24.5. The SMILES string of the molecule is CSn1cc(-c2ccc(Oc3nc(Oc4ccc(-c5cn(C)nn5)cc4)nc(Oc4ccc(-c5cn(C)nn5)cc4)n3)cc2)nn1. The maximum absolute atomic E-state index is 6.01. The maximum Gasteiger partial charge on any atom is 0.331 e. The highest BCUT2D eigenvalue weighted by molar-refractivity contribution is 7.97. The minimum Gasteiger partial charge on any atom is -0.424 e. The highest BCUT2D eigenvalue weighted by Crippen LogP contribution is 2.30. The van der Waals surface area contributed by atoms with Crippen LogP contribution in [0.5, 0.6) is 35.3 Å². The molecule has 4 heterocycles. The number of ether oxygens (including phenoxy) is 3. The lowest BCUT2D eigenvalue weighted by Gasteiger charge is -2.10. The highest BCUT2D eigenvalue weighted by Gasteiger charge is 2.14. The molecule has 228 valence electrons. The molecule has 0 unspecified atom stereocenters. The molecule has 0 amide bonds. The summed E-state index contributed by atoms with van der Waals surface area (Å²) >= 11 is 1.45. The van der Waals surface area contributed by atoms with E-state index in [0.717, 1.165) is 33.8 Å². The lowest BCUT2D eigenvalue weighted by atomic mass is 10.2. The van der Waals surface area contributed by atoms with E-state index in [0.29, 0.717) is 17.2 Å². The summed E-state index contributed by atoms with van der Waals surface area (Å²) in [7, 11) is 3.63. The fourth-order valence-corrected chi connectivity index (χ4v) is 4.60. The van der Waals surface area contributed by atoms with E-state index in [1.807, 2.05) is 75.3 Å². The van der Waals surface area contributed by atoms with Crippen molar-refractivity contribution in [1.29, 1.82) is 0 Å². The summed E-state index contributed by atoms with van der Waals surface area (Å²) in [6.07, 6.45) is 7.42. The van der Waals surface area contributed by atoms with E-state index in [4.69, 9.17) is 14.2 Å². The fraction of sp³-hybridized carbons (Fsp3) is 0.100. The molecule has 4 aromatic heterocycles. The van der Waals surface area contributed by atoms with E-state index >= 15 is 0 Å².